The van der Waals surface area contributed by atoms with E-state index < -0.39 is 10.0 Å². The fraction of sp³-hybridized carbons (Fsp3) is 0.538. The van der Waals surface area contributed by atoms with Gasteiger partial charge in [0.05, 0.1) is 28.7 Å². The van der Waals surface area contributed by atoms with Gasteiger partial charge in [-0.3, -0.25) is 4.79 Å². The molecule has 1 aliphatic heterocycles. The Labute approximate surface area is 217 Å². The summed E-state index contributed by atoms with van der Waals surface area (Å²) in [4.78, 5) is 23.0. The first-order valence-corrected chi connectivity index (χ1v) is 14.4. The number of nitrogens with one attached hydrogen (secondary N) is 1. The molecule has 0 amide bonds. The van der Waals surface area contributed by atoms with Gasteiger partial charge in [-0.05, 0) is 50.5 Å². The van der Waals surface area contributed by atoms with Gasteiger partial charge in [-0.15, -0.1) is 0 Å². The monoisotopic (exact) mass is 531 g/mol. The molecular weight excluding hydrogens is 494 g/mol. The van der Waals surface area contributed by atoms with Crippen LogP contribution in [0.15, 0.2) is 34.1 Å². The number of aryl methyl sites for hydroxylation is 2. The summed E-state index contributed by atoms with van der Waals surface area (Å²) in [6, 6.07) is 4.73. The second-order valence-electron chi connectivity index (χ2n) is 9.60. The zero-order chi connectivity index (χ0) is 26.7. The largest absolute Gasteiger partial charge is 0.493 e. The first-order valence-electron chi connectivity index (χ1n) is 12.9. The molecule has 0 saturated carbocycles. The van der Waals surface area contributed by atoms with Crippen LogP contribution in [0.4, 0.5) is 0 Å². The highest BCUT2D eigenvalue weighted by molar-refractivity contribution is 7.89. The van der Waals surface area contributed by atoms with E-state index in [0.717, 1.165) is 24.9 Å². The quantitative estimate of drug-likeness (QED) is 0.412. The lowest BCUT2D eigenvalue weighted by molar-refractivity contribution is 0.135. The molecule has 2 aromatic heterocycles. The van der Waals surface area contributed by atoms with Gasteiger partial charge in [-0.1, -0.05) is 13.3 Å². The number of ether oxygens (including phenoxy) is 1. The molecule has 0 aliphatic carbocycles. The highest BCUT2D eigenvalue weighted by atomic mass is 32.2. The number of rotatable bonds is 10. The Morgan fingerprint density at radius 3 is 2.57 bits per heavy atom. The number of nitrogens with zero attached hydrogens (tertiary/aromatic N) is 4. The van der Waals surface area contributed by atoms with Crippen molar-refractivity contribution in [2.45, 2.75) is 51.0 Å². The topological polar surface area (TPSA) is 121 Å². The second-order valence-corrected chi connectivity index (χ2v) is 11.5. The van der Waals surface area contributed by atoms with Gasteiger partial charge in [0.2, 0.25) is 10.0 Å². The molecule has 37 heavy (non-hydrogen) atoms. The van der Waals surface area contributed by atoms with E-state index in [-0.39, 0.29) is 22.4 Å². The average molecular weight is 532 g/mol. The first kappa shape index (κ1) is 27.3. The van der Waals surface area contributed by atoms with E-state index in [2.05, 4.69) is 16.8 Å². The average Bonchev–Trinajstić information content (AvgIpc) is 3.19. The van der Waals surface area contributed by atoms with Crippen LogP contribution in [0.5, 0.6) is 5.75 Å². The van der Waals surface area contributed by atoms with E-state index in [1.165, 1.54) is 4.31 Å². The normalized spacial score (nSPS) is 16.4. The Morgan fingerprint density at radius 1 is 1.19 bits per heavy atom. The van der Waals surface area contributed by atoms with Crippen molar-refractivity contribution in [1.82, 2.24) is 23.7 Å². The summed E-state index contributed by atoms with van der Waals surface area (Å²) < 4.78 is 36.2. The number of H-pyrrole nitrogens is 1. The lowest BCUT2D eigenvalue weighted by Crippen LogP contribution is -2.49. The van der Waals surface area contributed by atoms with Gasteiger partial charge in [0.1, 0.15) is 17.1 Å². The summed E-state index contributed by atoms with van der Waals surface area (Å²) in [5, 5.41) is 9.54. The molecule has 2 N–H and O–H groups in total. The fourth-order valence-electron chi connectivity index (χ4n) is 4.81. The molecule has 1 saturated heterocycles. The molecule has 0 radical (unpaired) electrons. The molecule has 4 rings (SSSR count). The number of hydrogen-bond acceptors (Lipinski definition) is 7. The van der Waals surface area contributed by atoms with Gasteiger partial charge in [0.25, 0.3) is 5.56 Å². The molecule has 0 spiro atoms. The Morgan fingerprint density at radius 2 is 1.92 bits per heavy atom. The molecule has 202 valence electrons. The third-order valence-corrected chi connectivity index (χ3v) is 8.65. The smallest absolute Gasteiger partial charge is 0.275 e. The number of piperazine rings is 1. The number of fused-ring (bicyclic) bond motifs is 1. The summed E-state index contributed by atoms with van der Waals surface area (Å²) >= 11 is 0. The maximum Gasteiger partial charge on any atom is 0.275 e. The molecule has 11 heteroatoms. The van der Waals surface area contributed by atoms with Crippen molar-refractivity contribution in [3.63, 3.8) is 0 Å². The number of sulfonamides is 1. The van der Waals surface area contributed by atoms with E-state index >= 15 is 0 Å². The molecule has 0 bridgehead atoms. The number of aromatic amines is 1. The number of benzene rings is 1. The Bertz CT molecular complexity index is 1400. The predicted molar refractivity (Wildman–Crippen MR) is 143 cm³/mol. The van der Waals surface area contributed by atoms with Crippen LogP contribution in [-0.4, -0.2) is 82.7 Å². The third-order valence-electron chi connectivity index (χ3n) is 6.76. The van der Waals surface area contributed by atoms with Crippen LogP contribution in [0.3, 0.4) is 0 Å². The molecule has 3 heterocycles. The highest BCUT2D eigenvalue weighted by Crippen LogP contribution is 2.32. The number of hydrogen-bond donors (Lipinski definition) is 2. The summed E-state index contributed by atoms with van der Waals surface area (Å²) in [6.07, 6.45) is 3.89. The van der Waals surface area contributed by atoms with Crippen molar-refractivity contribution in [2.24, 2.45) is 7.05 Å². The van der Waals surface area contributed by atoms with Gasteiger partial charge in [0, 0.05) is 46.0 Å². The molecule has 10 nitrogen and oxygen atoms in total. The Balaban J connectivity index is 1.70. The summed E-state index contributed by atoms with van der Waals surface area (Å²) in [7, 11) is -1.95. The second kappa shape index (κ2) is 11.3. The molecule has 1 atom stereocenters. The van der Waals surface area contributed by atoms with E-state index in [1.54, 1.807) is 29.7 Å². The number of aliphatic hydroxyl groups is 1. The molecule has 3 aromatic rings. The molecule has 1 fully saturated rings. The van der Waals surface area contributed by atoms with Gasteiger partial charge < -0.3 is 24.3 Å². The van der Waals surface area contributed by atoms with E-state index in [9.17, 15) is 18.3 Å². The van der Waals surface area contributed by atoms with Gasteiger partial charge in [0.15, 0.2) is 0 Å². The van der Waals surface area contributed by atoms with Crippen LogP contribution >= 0.6 is 0 Å². The van der Waals surface area contributed by atoms with Crippen LogP contribution in [0.2, 0.25) is 0 Å². The molecule has 1 unspecified atom stereocenters. The first-order chi connectivity index (χ1) is 17.6. The van der Waals surface area contributed by atoms with Crippen LogP contribution in [0.1, 0.15) is 39.2 Å². The van der Waals surface area contributed by atoms with Crippen molar-refractivity contribution in [3.05, 3.63) is 40.3 Å². The summed E-state index contributed by atoms with van der Waals surface area (Å²) in [5.74, 6) is 0.740. The molecule has 1 aromatic carbocycles. The number of aliphatic hydroxyl groups excluding tert-OH is 1. The van der Waals surface area contributed by atoms with Crippen LogP contribution in [-0.2, 0) is 23.5 Å². The van der Waals surface area contributed by atoms with Crippen molar-refractivity contribution in [2.75, 3.05) is 39.3 Å². The van der Waals surface area contributed by atoms with Crippen molar-refractivity contribution in [3.8, 4) is 17.1 Å². The van der Waals surface area contributed by atoms with Crippen molar-refractivity contribution < 1.29 is 18.3 Å². The Hall–Kier alpha value is -2.73. The SMILES string of the molecule is CCCc1cn(C)c2c(=O)[nH]c(-c3cc(S(=O)(=O)N4CCN(CCC(C)O)CC4)ccc3OCC)nc12. The third kappa shape index (κ3) is 5.74. The van der Waals surface area contributed by atoms with E-state index in [1.807, 2.05) is 20.2 Å². The van der Waals surface area contributed by atoms with Crippen LogP contribution in [0, 0.1) is 0 Å². The Kier molecular flexibility index (Phi) is 8.37. The summed E-state index contributed by atoms with van der Waals surface area (Å²) in [5.41, 5.74) is 2.23. The standard InChI is InChI=1S/C26H37N5O5S/c1-5-7-19-17-29(4)24-23(19)27-25(28-26(24)33)21-16-20(8-9-22(21)36-6-2)37(34,35)31-14-12-30(13-15-31)11-10-18(3)32/h8-9,16-18,32H,5-7,10-15H2,1-4H3,(H,27,28,33). The molecule has 1 aliphatic rings. The maximum absolute atomic E-state index is 13.6. The highest BCUT2D eigenvalue weighted by Gasteiger charge is 2.29. The lowest BCUT2D eigenvalue weighted by atomic mass is 10.1. The minimum Gasteiger partial charge on any atom is -0.493 e. The van der Waals surface area contributed by atoms with Crippen molar-refractivity contribution >= 4 is 21.1 Å². The van der Waals surface area contributed by atoms with Crippen LogP contribution in [0.25, 0.3) is 22.4 Å². The maximum atomic E-state index is 13.6. The van der Waals surface area contributed by atoms with Gasteiger partial charge in [-0.2, -0.15) is 4.31 Å². The fourth-order valence-corrected chi connectivity index (χ4v) is 6.25. The van der Waals surface area contributed by atoms with Crippen LogP contribution < -0.4 is 10.3 Å². The van der Waals surface area contributed by atoms with Gasteiger partial charge in [-0.25, -0.2) is 13.4 Å². The summed E-state index contributed by atoms with van der Waals surface area (Å²) in [6.45, 7) is 8.75. The van der Waals surface area contributed by atoms with Crippen molar-refractivity contribution in [1.29, 1.82) is 0 Å². The zero-order valence-electron chi connectivity index (χ0n) is 22.0. The van der Waals surface area contributed by atoms with E-state index in [4.69, 9.17) is 9.72 Å². The lowest BCUT2D eigenvalue weighted by Gasteiger charge is -2.34. The number of aromatic nitrogens is 3. The van der Waals surface area contributed by atoms with E-state index in [0.29, 0.717) is 61.6 Å². The molecular formula is C26H37N5O5S. The minimum atomic E-state index is -3.77. The zero-order valence-corrected chi connectivity index (χ0v) is 22.8. The van der Waals surface area contributed by atoms with Gasteiger partial charge >= 0.3 is 0 Å². The minimum absolute atomic E-state index is 0.132. The predicted octanol–water partition coefficient (Wildman–Crippen LogP) is 2.36.